The maximum Gasteiger partial charge on any atom is 0.229 e. The highest BCUT2D eigenvalue weighted by molar-refractivity contribution is 14.1. The lowest BCUT2D eigenvalue weighted by atomic mass is 10.0. The van der Waals surface area contributed by atoms with E-state index in [4.69, 9.17) is 0 Å². The normalized spacial score (nSPS) is 10.2. The van der Waals surface area contributed by atoms with Crippen LogP contribution in [0.4, 0.5) is 0 Å². The molecule has 39 heavy (non-hydrogen) atoms. The van der Waals surface area contributed by atoms with E-state index in [1.54, 1.807) is 0 Å². The molecule has 0 spiro atoms. The Morgan fingerprint density at radius 1 is 0.436 bits per heavy atom. The fraction of sp³-hybridized carbons (Fsp3) is 0.500. The second kappa shape index (κ2) is 21.0. The number of halogens is 3. The molecule has 0 aliphatic heterocycles. The lowest BCUT2D eigenvalue weighted by Gasteiger charge is -2.13. The van der Waals surface area contributed by atoms with E-state index in [0.29, 0.717) is 13.3 Å². The summed E-state index contributed by atoms with van der Waals surface area (Å²) in [7, 11) is 0. The number of hydrogen-bond donors (Lipinski definition) is 6. The van der Waals surface area contributed by atoms with Crippen LogP contribution in [0.1, 0.15) is 36.0 Å². The summed E-state index contributed by atoms with van der Waals surface area (Å²) >= 11 is 5.83. The minimum atomic E-state index is -0.223. The van der Waals surface area contributed by atoms with Crippen molar-refractivity contribution in [2.75, 3.05) is 32.9 Å². The molecule has 12 nitrogen and oxygen atoms in total. The first-order valence-corrected chi connectivity index (χ1v) is 16.6. The number of carbonyl (C=O) groups excluding carboxylic acids is 6. The Bertz CT molecular complexity index is 875. The molecule has 0 fully saturated rings. The van der Waals surface area contributed by atoms with Crippen molar-refractivity contribution in [2.24, 2.45) is 0 Å². The Balaban J connectivity index is 2.74. The van der Waals surface area contributed by atoms with E-state index in [2.05, 4.69) is 31.9 Å². The summed E-state index contributed by atoms with van der Waals surface area (Å²) in [5, 5.41) is 16.4. The number of amides is 6. The van der Waals surface area contributed by atoms with Crippen LogP contribution in [0.3, 0.4) is 0 Å². The van der Waals surface area contributed by atoms with Gasteiger partial charge in [0.25, 0.3) is 0 Å². The van der Waals surface area contributed by atoms with Crippen molar-refractivity contribution in [3.63, 3.8) is 0 Å². The van der Waals surface area contributed by atoms with Gasteiger partial charge in [-0.2, -0.15) is 0 Å². The summed E-state index contributed by atoms with van der Waals surface area (Å²) in [6.45, 7) is 1.42. The molecule has 0 atom stereocenters. The van der Waals surface area contributed by atoms with Gasteiger partial charge in [-0.3, -0.25) is 28.8 Å². The molecule has 6 amide bonds. The van der Waals surface area contributed by atoms with E-state index in [0.717, 1.165) is 16.7 Å². The van der Waals surface area contributed by atoms with E-state index >= 15 is 0 Å². The van der Waals surface area contributed by atoms with E-state index in [1.807, 2.05) is 86.0 Å². The third-order valence-corrected chi connectivity index (χ3v) is 7.05. The number of nitrogens with one attached hydrogen (secondary N) is 6. The average molecular weight is 882 g/mol. The van der Waals surface area contributed by atoms with Crippen molar-refractivity contribution in [2.45, 2.75) is 38.9 Å². The van der Waals surface area contributed by atoms with Gasteiger partial charge in [-0.25, -0.2) is 0 Å². The molecule has 0 aliphatic rings. The number of alkyl halides is 3. The molecule has 0 saturated heterocycles. The van der Waals surface area contributed by atoms with Gasteiger partial charge in [-0.1, -0.05) is 86.0 Å². The Kier molecular flexibility index (Phi) is 19.0. The van der Waals surface area contributed by atoms with Crippen LogP contribution in [0.15, 0.2) is 18.2 Å². The largest absolute Gasteiger partial charge is 0.355 e. The van der Waals surface area contributed by atoms with E-state index in [1.165, 1.54) is 0 Å². The number of benzene rings is 1. The molecular weight excluding hydrogens is 849 g/mol. The number of carbonyl (C=O) groups is 6. The van der Waals surface area contributed by atoms with Crippen LogP contribution in [0.2, 0.25) is 0 Å². The SMILES string of the molecule is O=C(CI)NCCC(=O)NCc1cc(CNC(=O)CCNC(=O)CI)cc(CNC(=O)CCNC(=O)CI)c1. The van der Waals surface area contributed by atoms with Gasteiger partial charge in [-0.15, -0.1) is 0 Å². The summed E-state index contributed by atoms with van der Waals surface area (Å²) < 4.78 is 0.965. The van der Waals surface area contributed by atoms with Crippen LogP contribution in [-0.4, -0.2) is 68.4 Å². The molecule has 0 heterocycles. The molecule has 0 radical (unpaired) electrons. The second-order valence-electron chi connectivity index (χ2n) is 8.19. The molecule has 0 aliphatic carbocycles. The summed E-state index contributed by atoms with van der Waals surface area (Å²) in [4.78, 5) is 70.5. The summed E-state index contributed by atoms with van der Waals surface area (Å²) in [5.41, 5.74) is 2.33. The second-order valence-corrected chi connectivity index (χ2v) is 10.5. The van der Waals surface area contributed by atoms with E-state index in [9.17, 15) is 28.8 Å². The van der Waals surface area contributed by atoms with Crippen molar-refractivity contribution in [1.82, 2.24) is 31.9 Å². The zero-order valence-electron chi connectivity index (χ0n) is 21.3. The Labute approximate surface area is 268 Å². The van der Waals surface area contributed by atoms with Gasteiger partial charge < -0.3 is 31.9 Å². The quantitative estimate of drug-likeness (QED) is 0.0918. The monoisotopic (exact) mass is 882 g/mol. The minimum absolute atomic E-state index is 0.135. The van der Waals surface area contributed by atoms with Crippen LogP contribution in [0.5, 0.6) is 0 Å². The predicted molar refractivity (Wildman–Crippen MR) is 172 cm³/mol. The summed E-state index contributed by atoms with van der Waals surface area (Å²) in [6, 6.07) is 5.55. The maximum absolute atomic E-state index is 12.2. The van der Waals surface area contributed by atoms with Crippen LogP contribution in [0, 0.1) is 0 Å². The zero-order valence-corrected chi connectivity index (χ0v) is 27.8. The molecule has 1 rings (SSSR count). The molecule has 0 aromatic heterocycles. The van der Waals surface area contributed by atoms with Gasteiger partial charge in [0.15, 0.2) is 0 Å². The molecule has 216 valence electrons. The molecule has 1 aromatic rings. The van der Waals surface area contributed by atoms with E-state index in [-0.39, 0.29) is 94.0 Å². The van der Waals surface area contributed by atoms with Crippen LogP contribution in [0.25, 0.3) is 0 Å². The average Bonchev–Trinajstić information content (AvgIpc) is 2.93. The molecule has 15 heteroatoms. The fourth-order valence-corrected chi connectivity index (χ4v) is 3.91. The molecule has 1 aromatic carbocycles. The fourth-order valence-electron chi connectivity index (χ4n) is 3.10. The third kappa shape index (κ3) is 17.5. The smallest absolute Gasteiger partial charge is 0.229 e. The maximum atomic E-state index is 12.2. The summed E-state index contributed by atoms with van der Waals surface area (Å²) in [5.74, 6) is -1.07. The van der Waals surface area contributed by atoms with Crippen molar-refractivity contribution >= 4 is 103 Å². The molecule has 6 N–H and O–H groups in total. The first-order chi connectivity index (χ1) is 18.7. The zero-order chi connectivity index (χ0) is 29.0. The van der Waals surface area contributed by atoms with Crippen LogP contribution < -0.4 is 31.9 Å². The molecular formula is C24H33I3N6O6. The standard InChI is InChI=1S/C24H33I3N6O6/c25-10-22(37)28-4-1-19(34)31-13-16-7-17(14-32-20(35)2-5-29-23(38)11-26)9-18(8-16)15-33-21(36)3-6-30-24(39)12-27/h7-9H,1-6,10-15H2,(H,28,37)(H,29,38)(H,30,39)(H,31,34)(H,32,35)(H,33,36). The van der Waals surface area contributed by atoms with Gasteiger partial charge >= 0.3 is 0 Å². The van der Waals surface area contributed by atoms with E-state index < -0.39 is 0 Å². The van der Waals surface area contributed by atoms with Gasteiger partial charge in [-0.05, 0) is 16.7 Å². The Morgan fingerprint density at radius 3 is 0.923 bits per heavy atom. The van der Waals surface area contributed by atoms with Crippen molar-refractivity contribution < 1.29 is 28.8 Å². The van der Waals surface area contributed by atoms with Gasteiger partial charge in [0.2, 0.25) is 35.4 Å². The molecule has 0 unspecified atom stereocenters. The number of rotatable bonds is 18. The van der Waals surface area contributed by atoms with Crippen molar-refractivity contribution in [3.05, 3.63) is 34.9 Å². The lowest BCUT2D eigenvalue weighted by molar-refractivity contribution is -0.123. The molecule has 0 bridgehead atoms. The Hall–Kier alpha value is -1.77. The van der Waals surface area contributed by atoms with Crippen LogP contribution >= 0.6 is 67.8 Å². The number of hydrogen-bond acceptors (Lipinski definition) is 6. The first kappa shape index (κ1) is 35.3. The van der Waals surface area contributed by atoms with Gasteiger partial charge in [0.1, 0.15) is 0 Å². The minimum Gasteiger partial charge on any atom is -0.355 e. The van der Waals surface area contributed by atoms with Crippen molar-refractivity contribution in [3.8, 4) is 0 Å². The van der Waals surface area contributed by atoms with Gasteiger partial charge in [0, 0.05) is 58.5 Å². The van der Waals surface area contributed by atoms with Crippen LogP contribution in [-0.2, 0) is 48.4 Å². The van der Waals surface area contributed by atoms with Gasteiger partial charge in [0.05, 0.1) is 13.3 Å². The third-order valence-electron chi connectivity index (χ3n) is 4.97. The topological polar surface area (TPSA) is 175 Å². The Morgan fingerprint density at radius 2 is 0.692 bits per heavy atom. The predicted octanol–water partition coefficient (Wildman–Crippen LogP) is 0.359. The lowest BCUT2D eigenvalue weighted by Crippen LogP contribution is -2.31. The first-order valence-electron chi connectivity index (χ1n) is 12.1. The summed E-state index contributed by atoms with van der Waals surface area (Å²) in [6.07, 6.45) is 0.426. The van der Waals surface area contributed by atoms with Crippen molar-refractivity contribution in [1.29, 1.82) is 0 Å². The molecule has 0 saturated carbocycles. The highest BCUT2D eigenvalue weighted by Gasteiger charge is 2.09. The highest BCUT2D eigenvalue weighted by atomic mass is 127. The highest BCUT2D eigenvalue weighted by Crippen LogP contribution is 2.11.